The number of nitrogens with zero attached hydrogens (tertiary/aromatic N) is 1. The molecule has 0 bridgehead atoms. The molecular formula is C13H8BrClN2O3. The first-order valence-electron chi connectivity index (χ1n) is 5.49. The van der Waals surface area contributed by atoms with Crippen LogP contribution < -0.4 is 5.32 Å². The predicted octanol–water partition coefficient (Wildman–Crippen LogP) is 4.26. The van der Waals surface area contributed by atoms with Crippen molar-refractivity contribution in [2.75, 3.05) is 5.32 Å². The van der Waals surface area contributed by atoms with Crippen LogP contribution in [0.1, 0.15) is 10.4 Å². The van der Waals surface area contributed by atoms with E-state index in [0.717, 1.165) is 0 Å². The van der Waals surface area contributed by atoms with E-state index in [-0.39, 0.29) is 16.3 Å². The van der Waals surface area contributed by atoms with Crippen molar-refractivity contribution in [2.24, 2.45) is 0 Å². The van der Waals surface area contributed by atoms with Crippen LogP contribution in [0.2, 0.25) is 5.02 Å². The minimum absolute atomic E-state index is 0.0313. The fourth-order valence-corrected chi connectivity index (χ4v) is 2.28. The van der Waals surface area contributed by atoms with Crippen molar-refractivity contribution >= 4 is 44.8 Å². The molecule has 2 aromatic carbocycles. The third-order valence-electron chi connectivity index (χ3n) is 2.54. The SMILES string of the molecule is O=C(Nc1ccccc1Br)c1c(Cl)cccc1[N+](=O)[O-]. The van der Waals surface area contributed by atoms with E-state index < -0.39 is 10.8 Å². The van der Waals surface area contributed by atoms with Crippen molar-refractivity contribution in [3.63, 3.8) is 0 Å². The Bertz CT molecular complexity index is 691. The van der Waals surface area contributed by atoms with Gasteiger partial charge in [-0.15, -0.1) is 0 Å². The van der Waals surface area contributed by atoms with Crippen LogP contribution in [-0.2, 0) is 0 Å². The van der Waals surface area contributed by atoms with Crippen LogP contribution in [0.15, 0.2) is 46.9 Å². The van der Waals surface area contributed by atoms with Crippen LogP contribution in [0.4, 0.5) is 11.4 Å². The number of halogens is 2. The first-order chi connectivity index (χ1) is 9.50. The minimum atomic E-state index is -0.638. The molecule has 20 heavy (non-hydrogen) atoms. The summed E-state index contributed by atoms with van der Waals surface area (Å²) in [5.41, 5.74) is 0.0173. The number of amides is 1. The van der Waals surface area contributed by atoms with Gasteiger partial charge in [0, 0.05) is 10.5 Å². The zero-order valence-corrected chi connectivity index (χ0v) is 12.3. The van der Waals surface area contributed by atoms with Gasteiger partial charge in [0.1, 0.15) is 5.56 Å². The van der Waals surface area contributed by atoms with Crippen molar-refractivity contribution in [1.82, 2.24) is 0 Å². The number of hydrogen-bond donors (Lipinski definition) is 1. The van der Waals surface area contributed by atoms with Gasteiger partial charge in [-0.3, -0.25) is 14.9 Å². The van der Waals surface area contributed by atoms with Gasteiger partial charge in [-0.05, 0) is 34.1 Å². The van der Waals surface area contributed by atoms with Crippen LogP contribution in [0.5, 0.6) is 0 Å². The summed E-state index contributed by atoms with van der Waals surface area (Å²) in [5, 5.41) is 13.6. The van der Waals surface area contributed by atoms with Crippen LogP contribution in [0, 0.1) is 10.1 Å². The summed E-state index contributed by atoms with van der Waals surface area (Å²) in [7, 11) is 0. The third-order valence-corrected chi connectivity index (χ3v) is 3.54. The summed E-state index contributed by atoms with van der Waals surface area (Å²) < 4.78 is 0.669. The van der Waals surface area contributed by atoms with E-state index in [0.29, 0.717) is 10.2 Å². The molecule has 2 rings (SSSR count). The van der Waals surface area contributed by atoms with Crippen molar-refractivity contribution in [3.05, 3.63) is 67.6 Å². The molecule has 1 amide bonds. The summed E-state index contributed by atoms with van der Waals surface area (Å²) >= 11 is 9.18. The van der Waals surface area contributed by atoms with E-state index in [2.05, 4.69) is 21.2 Å². The Kier molecular flexibility index (Phi) is 4.36. The lowest BCUT2D eigenvalue weighted by molar-refractivity contribution is -0.385. The second-order valence-corrected chi connectivity index (χ2v) is 5.09. The molecule has 0 aliphatic rings. The van der Waals surface area contributed by atoms with Gasteiger partial charge in [0.25, 0.3) is 11.6 Å². The molecular weight excluding hydrogens is 348 g/mol. The van der Waals surface area contributed by atoms with Gasteiger partial charge >= 0.3 is 0 Å². The van der Waals surface area contributed by atoms with E-state index in [1.54, 1.807) is 24.3 Å². The number of nitro groups is 1. The van der Waals surface area contributed by atoms with Crippen LogP contribution in [0.25, 0.3) is 0 Å². The molecule has 1 N–H and O–H groups in total. The van der Waals surface area contributed by atoms with E-state index in [9.17, 15) is 14.9 Å². The predicted molar refractivity (Wildman–Crippen MR) is 80.2 cm³/mol. The van der Waals surface area contributed by atoms with Gasteiger partial charge in [0.05, 0.1) is 15.6 Å². The van der Waals surface area contributed by atoms with E-state index in [1.807, 2.05) is 0 Å². The van der Waals surface area contributed by atoms with Gasteiger partial charge in [-0.2, -0.15) is 0 Å². The summed E-state index contributed by atoms with van der Waals surface area (Å²) in [6.45, 7) is 0. The summed E-state index contributed by atoms with van der Waals surface area (Å²) in [5.74, 6) is -0.630. The molecule has 7 heteroatoms. The molecule has 0 radical (unpaired) electrons. The fraction of sp³-hybridized carbons (Fsp3) is 0. The Morgan fingerprint density at radius 1 is 1.20 bits per heavy atom. The van der Waals surface area contributed by atoms with Gasteiger partial charge in [-0.25, -0.2) is 0 Å². The number of carbonyl (C=O) groups is 1. The highest BCUT2D eigenvalue weighted by Crippen LogP contribution is 2.28. The summed E-state index contributed by atoms with van der Waals surface area (Å²) in [6, 6.07) is 11.0. The van der Waals surface area contributed by atoms with Crippen LogP contribution in [0.3, 0.4) is 0 Å². The van der Waals surface area contributed by atoms with Crippen molar-refractivity contribution < 1.29 is 9.72 Å². The molecule has 0 heterocycles. The lowest BCUT2D eigenvalue weighted by Gasteiger charge is -2.08. The van der Waals surface area contributed by atoms with E-state index in [4.69, 9.17) is 11.6 Å². The summed E-state index contributed by atoms with van der Waals surface area (Å²) in [6.07, 6.45) is 0. The molecule has 102 valence electrons. The van der Waals surface area contributed by atoms with Gasteiger partial charge < -0.3 is 5.32 Å². The number of rotatable bonds is 3. The quantitative estimate of drug-likeness (QED) is 0.660. The number of benzene rings is 2. The number of anilines is 1. The molecule has 2 aromatic rings. The molecule has 0 aliphatic carbocycles. The summed E-state index contributed by atoms with van der Waals surface area (Å²) in [4.78, 5) is 22.5. The Balaban J connectivity index is 2.40. The molecule has 0 saturated carbocycles. The average Bonchev–Trinajstić information content (AvgIpc) is 2.40. The van der Waals surface area contributed by atoms with Crippen molar-refractivity contribution in [1.29, 1.82) is 0 Å². The first kappa shape index (κ1) is 14.5. The van der Waals surface area contributed by atoms with Crippen molar-refractivity contribution in [3.8, 4) is 0 Å². The molecule has 0 aliphatic heterocycles. The molecule has 0 unspecified atom stereocenters. The normalized spacial score (nSPS) is 10.1. The maximum absolute atomic E-state index is 12.2. The molecule has 0 aromatic heterocycles. The molecule has 5 nitrogen and oxygen atoms in total. The topological polar surface area (TPSA) is 72.2 Å². The Morgan fingerprint density at radius 3 is 2.55 bits per heavy atom. The Hall–Kier alpha value is -1.92. The Labute approximate surface area is 127 Å². The van der Waals surface area contributed by atoms with Crippen LogP contribution >= 0.6 is 27.5 Å². The number of para-hydroxylation sites is 1. The lowest BCUT2D eigenvalue weighted by atomic mass is 10.1. The second-order valence-electron chi connectivity index (χ2n) is 3.83. The first-order valence-corrected chi connectivity index (χ1v) is 6.66. The minimum Gasteiger partial charge on any atom is -0.321 e. The molecule has 0 fully saturated rings. The van der Waals surface area contributed by atoms with Gasteiger partial charge in [0.15, 0.2) is 0 Å². The van der Waals surface area contributed by atoms with Gasteiger partial charge in [-0.1, -0.05) is 29.8 Å². The number of carbonyl (C=O) groups excluding carboxylic acids is 1. The fourth-order valence-electron chi connectivity index (χ4n) is 1.64. The maximum atomic E-state index is 12.2. The Morgan fingerprint density at radius 2 is 1.90 bits per heavy atom. The zero-order valence-electron chi connectivity index (χ0n) is 9.97. The molecule has 0 atom stereocenters. The zero-order chi connectivity index (χ0) is 14.7. The largest absolute Gasteiger partial charge is 0.321 e. The van der Waals surface area contributed by atoms with E-state index in [1.165, 1.54) is 18.2 Å². The highest BCUT2D eigenvalue weighted by Gasteiger charge is 2.23. The highest BCUT2D eigenvalue weighted by molar-refractivity contribution is 9.10. The average molecular weight is 356 g/mol. The smallest absolute Gasteiger partial charge is 0.283 e. The second kappa shape index (κ2) is 6.02. The number of hydrogen-bond acceptors (Lipinski definition) is 3. The monoisotopic (exact) mass is 354 g/mol. The third kappa shape index (κ3) is 2.97. The number of nitro benzene ring substituents is 1. The van der Waals surface area contributed by atoms with Gasteiger partial charge in [0.2, 0.25) is 0 Å². The highest BCUT2D eigenvalue weighted by atomic mass is 79.9. The van der Waals surface area contributed by atoms with Crippen LogP contribution in [-0.4, -0.2) is 10.8 Å². The van der Waals surface area contributed by atoms with Crippen molar-refractivity contribution in [2.45, 2.75) is 0 Å². The maximum Gasteiger partial charge on any atom is 0.283 e. The van der Waals surface area contributed by atoms with E-state index >= 15 is 0 Å². The number of nitrogens with one attached hydrogen (secondary N) is 1. The lowest BCUT2D eigenvalue weighted by Crippen LogP contribution is -2.14. The molecule has 0 spiro atoms. The standard InChI is InChI=1S/C13H8BrClN2O3/c14-8-4-1-2-6-10(8)16-13(18)12-9(15)5-3-7-11(12)17(19)20/h1-7H,(H,16,18). The molecule has 0 saturated heterocycles.